The molecule has 3 nitrogen and oxygen atoms in total. The topological polar surface area (TPSA) is 44.5 Å². The second kappa shape index (κ2) is 3.82. The largest absolute Gasteiger partial charge is 0.454 e. The van der Waals surface area contributed by atoms with Gasteiger partial charge in [0.1, 0.15) is 0 Å². The second-order valence-corrected chi connectivity index (χ2v) is 4.92. The summed E-state index contributed by atoms with van der Waals surface area (Å²) in [4.78, 5) is 0. The van der Waals surface area contributed by atoms with Crippen LogP contribution in [0.5, 0.6) is 11.5 Å². The molecule has 1 saturated carbocycles. The number of hydrogen-bond acceptors (Lipinski definition) is 3. The van der Waals surface area contributed by atoms with E-state index in [1.54, 1.807) is 6.07 Å². The summed E-state index contributed by atoms with van der Waals surface area (Å²) < 4.78 is 10.6. The molecule has 0 saturated heterocycles. The van der Waals surface area contributed by atoms with Gasteiger partial charge in [-0.15, -0.1) is 0 Å². The molecule has 3 rings (SSSR count). The summed E-state index contributed by atoms with van der Waals surface area (Å²) in [5, 5.41) is 0.678. The molecule has 0 radical (unpaired) electrons. The van der Waals surface area contributed by atoms with Gasteiger partial charge < -0.3 is 15.2 Å². The molecule has 16 heavy (non-hydrogen) atoms. The first kappa shape index (κ1) is 10.2. The first-order valence-electron chi connectivity index (χ1n) is 5.58. The average Bonchev–Trinajstić information content (AvgIpc) is 2.94. The summed E-state index contributed by atoms with van der Waals surface area (Å²) in [5.74, 6) is 2.26. The standard InChI is InChI=1S/C12H14ClNO2/c13-9-5-12-11(15-6-16-12)4-8(9)10(14)3-7-1-2-7/h4-5,7,10H,1-3,6,14H2/t10-/m1/s1. The summed E-state index contributed by atoms with van der Waals surface area (Å²) in [6, 6.07) is 3.72. The fraction of sp³-hybridized carbons (Fsp3) is 0.500. The SMILES string of the molecule is N[C@H](CC1CC1)c1cc2c(cc1Cl)OCO2. The highest BCUT2D eigenvalue weighted by Gasteiger charge is 2.26. The number of rotatable bonds is 3. The average molecular weight is 240 g/mol. The van der Waals surface area contributed by atoms with E-state index in [9.17, 15) is 0 Å². The predicted molar refractivity (Wildman–Crippen MR) is 61.8 cm³/mol. The maximum Gasteiger partial charge on any atom is 0.231 e. The van der Waals surface area contributed by atoms with Gasteiger partial charge in [-0.3, -0.25) is 0 Å². The van der Waals surface area contributed by atoms with Crippen molar-refractivity contribution in [3.63, 3.8) is 0 Å². The van der Waals surface area contributed by atoms with E-state index in [0.29, 0.717) is 10.8 Å². The van der Waals surface area contributed by atoms with E-state index in [1.165, 1.54) is 12.8 Å². The maximum atomic E-state index is 6.19. The molecular formula is C12H14ClNO2. The van der Waals surface area contributed by atoms with Crippen molar-refractivity contribution >= 4 is 11.6 Å². The molecule has 86 valence electrons. The zero-order valence-corrected chi connectivity index (χ0v) is 9.67. The highest BCUT2D eigenvalue weighted by Crippen LogP contribution is 2.42. The smallest absolute Gasteiger partial charge is 0.231 e. The van der Waals surface area contributed by atoms with Gasteiger partial charge in [-0.05, 0) is 24.0 Å². The maximum absolute atomic E-state index is 6.19. The van der Waals surface area contributed by atoms with Crippen LogP contribution < -0.4 is 15.2 Å². The zero-order chi connectivity index (χ0) is 11.1. The molecule has 0 aromatic heterocycles. The number of ether oxygens (including phenoxy) is 2. The van der Waals surface area contributed by atoms with Crippen LogP contribution in [0.3, 0.4) is 0 Å². The fourth-order valence-electron chi connectivity index (χ4n) is 2.06. The predicted octanol–water partition coefficient (Wildman–Crippen LogP) is 2.87. The van der Waals surface area contributed by atoms with Crippen LogP contribution in [0.15, 0.2) is 12.1 Å². The summed E-state index contributed by atoms with van der Waals surface area (Å²) in [7, 11) is 0. The molecule has 1 atom stereocenters. The molecule has 4 heteroatoms. The minimum atomic E-state index is 0.00880. The van der Waals surface area contributed by atoms with Crippen LogP contribution in [0.1, 0.15) is 30.9 Å². The molecule has 2 N–H and O–H groups in total. The van der Waals surface area contributed by atoms with Gasteiger partial charge in [0.15, 0.2) is 11.5 Å². The minimum Gasteiger partial charge on any atom is -0.454 e. The molecule has 1 aromatic rings. The van der Waals surface area contributed by atoms with Crippen LogP contribution in [0, 0.1) is 5.92 Å². The van der Waals surface area contributed by atoms with Gasteiger partial charge in [0, 0.05) is 17.1 Å². The lowest BCUT2D eigenvalue weighted by Gasteiger charge is -2.13. The molecule has 0 bridgehead atoms. The Hall–Kier alpha value is -0.930. The molecule has 2 aliphatic rings. The zero-order valence-electron chi connectivity index (χ0n) is 8.91. The van der Waals surface area contributed by atoms with Gasteiger partial charge in [-0.25, -0.2) is 0 Å². The third-order valence-electron chi connectivity index (χ3n) is 3.18. The Morgan fingerprint density at radius 2 is 2.00 bits per heavy atom. The van der Waals surface area contributed by atoms with Gasteiger partial charge in [0.25, 0.3) is 0 Å². The fourth-order valence-corrected chi connectivity index (χ4v) is 2.35. The number of halogens is 1. The molecule has 1 fully saturated rings. The Labute approximate surface area is 99.5 Å². The van der Waals surface area contributed by atoms with Crippen molar-refractivity contribution in [2.24, 2.45) is 11.7 Å². The van der Waals surface area contributed by atoms with Crippen molar-refractivity contribution in [1.29, 1.82) is 0 Å². The van der Waals surface area contributed by atoms with Gasteiger partial charge in [0.2, 0.25) is 6.79 Å². The van der Waals surface area contributed by atoms with Gasteiger partial charge >= 0.3 is 0 Å². The summed E-state index contributed by atoms with van der Waals surface area (Å²) in [6.07, 6.45) is 3.62. The first-order valence-corrected chi connectivity index (χ1v) is 5.96. The molecule has 1 aromatic carbocycles. The lowest BCUT2D eigenvalue weighted by Crippen LogP contribution is -2.11. The quantitative estimate of drug-likeness (QED) is 0.882. The van der Waals surface area contributed by atoms with Crippen LogP contribution in [0.25, 0.3) is 0 Å². The molecular weight excluding hydrogens is 226 g/mol. The van der Waals surface area contributed by atoms with Crippen LogP contribution in [-0.4, -0.2) is 6.79 Å². The molecule has 1 heterocycles. The Balaban J connectivity index is 1.87. The van der Waals surface area contributed by atoms with E-state index in [4.69, 9.17) is 26.8 Å². The molecule has 0 spiro atoms. The Morgan fingerprint density at radius 1 is 1.31 bits per heavy atom. The van der Waals surface area contributed by atoms with Crippen molar-refractivity contribution < 1.29 is 9.47 Å². The number of benzene rings is 1. The highest BCUT2D eigenvalue weighted by molar-refractivity contribution is 6.31. The van der Waals surface area contributed by atoms with E-state index in [1.807, 2.05) is 6.07 Å². The second-order valence-electron chi connectivity index (χ2n) is 4.51. The first-order chi connectivity index (χ1) is 7.74. The van der Waals surface area contributed by atoms with E-state index in [0.717, 1.165) is 23.7 Å². The van der Waals surface area contributed by atoms with Crippen molar-refractivity contribution in [2.75, 3.05) is 6.79 Å². The van der Waals surface area contributed by atoms with Crippen LogP contribution in [0.2, 0.25) is 5.02 Å². The minimum absolute atomic E-state index is 0.00880. The van der Waals surface area contributed by atoms with Crippen molar-refractivity contribution in [3.05, 3.63) is 22.7 Å². The molecule has 1 aliphatic carbocycles. The van der Waals surface area contributed by atoms with E-state index >= 15 is 0 Å². The monoisotopic (exact) mass is 239 g/mol. The molecule has 0 unspecified atom stereocenters. The highest BCUT2D eigenvalue weighted by atomic mass is 35.5. The van der Waals surface area contributed by atoms with E-state index < -0.39 is 0 Å². The molecule has 1 aliphatic heterocycles. The number of nitrogens with two attached hydrogens (primary N) is 1. The summed E-state index contributed by atoms with van der Waals surface area (Å²) in [5.41, 5.74) is 7.12. The van der Waals surface area contributed by atoms with Crippen molar-refractivity contribution in [1.82, 2.24) is 0 Å². The lowest BCUT2D eigenvalue weighted by molar-refractivity contribution is 0.174. The van der Waals surface area contributed by atoms with Crippen LogP contribution in [-0.2, 0) is 0 Å². The van der Waals surface area contributed by atoms with Gasteiger partial charge in [-0.1, -0.05) is 24.4 Å². The summed E-state index contributed by atoms with van der Waals surface area (Å²) >= 11 is 6.19. The van der Waals surface area contributed by atoms with Crippen LogP contribution in [0.4, 0.5) is 0 Å². The van der Waals surface area contributed by atoms with Crippen LogP contribution >= 0.6 is 11.6 Å². The van der Waals surface area contributed by atoms with E-state index in [-0.39, 0.29) is 12.8 Å². The van der Waals surface area contributed by atoms with Crippen molar-refractivity contribution in [3.8, 4) is 11.5 Å². The Bertz CT molecular complexity index is 418. The Morgan fingerprint density at radius 3 is 2.69 bits per heavy atom. The lowest BCUT2D eigenvalue weighted by atomic mass is 10.0. The van der Waals surface area contributed by atoms with E-state index in [2.05, 4.69) is 0 Å². The van der Waals surface area contributed by atoms with Gasteiger partial charge in [0.05, 0.1) is 0 Å². The Kier molecular flexibility index (Phi) is 2.45. The molecule has 0 amide bonds. The normalized spacial score (nSPS) is 19.9. The summed E-state index contributed by atoms with van der Waals surface area (Å²) in [6.45, 7) is 0.271. The third kappa shape index (κ3) is 1.85. The third-order valence-corrected chi connectivity index (χ3v) is 3.50. The van der Waals surface area contributed by atoms with Crippen molar-refractivity contribution in [2.45, 2.75) is 25.3 Å². The number of hydrogen-bond donors (Lipinski definition) is 1. The number of fused-ring (bicyclic) bond motifs is 1. The van der Waals surface area contributed by atoms with Gasteiger partial charge in [-0.2, -0.15) is 0 Å².